The number of hydrogen-bond acceptors (Lipinski definition) is 5. The third-order valence-corrected chi connectivity index (χ3v) is 7.34. The van der Waals surface area contributed by atoms with Crippen LogP contribution in [0, 0.1) is 0 Å². The second-order valence-electron chi connectivity index (χ2n) is 9.60. The van der Waals surface area contributed by atoms with Crippen molar-refractivity contribution in [3.8, 4) is 11.5 Å². The van der Waals surface area contributed by atoms with Crippen molar-refractivity contribution in [2.24, 2.45) is 0 Å². The van der Waals surface area contributed by atoms with Crippen molar-refractivity contribution in [1.29, 1.82) is 0 Å². The molecule has 7 nitrogen and oxygen atoms in total. The largest absolute Gasteiger partial charge is 0.497 e. The fourth-order valence-electron chi connectivity index (χ4n) is 5.24. The molecule has 0 spiro atoms. The van der Waals surface area contributed by atoms with E-state index in [0.29, 0.717) is 23.6 Å². The number of rotatable bonds is 6. The number of carbonyl (C=O) groups is 2. The number of benzene rings is 3. The van der Waals surface area contributed by atoms with Gasteiger partial charge >= 0.3 is 0 Å². The number of para-hydroxylation sites is 1. The van der Waals surface area contributed by atoms with E-state index < -0.39 is 0 Å². The maximum atomic E-state index is 13.6. The maximum absolute atomic E-state index is 13.6. The minimum absolute atomic E-state index is 0.0578. The molecular weight excluding hydrogens is 466 g/mol. The molecule has 2 aliphatic rings. The molecule has 1 fully saturated rings. The van der Waals surface area contributed by atoms with Crippen molar-refractivity contribution >= 4 is 17.5 Å². The molecule has 7 heteroatoms. The number of piperidine rings is 1. The van der Waals surface area contributed by atoms with Crippen molar-refractivity contribution < 1.29 is 19.1 Å². The van der Waals surface area contributed by atoms with Crippen LogP contribution in [0.2, 0.25) is 0 Å². The molecule has 1 saturated heterocycles. The summed E-state index contributed by atoms with van der Waals surface area (Å²) in [5.41, 5.74) is 4.78. The summed E-state index contributed by atoms with van der Waals surface area (Å²) in [6.07, 6.45) is 2.48. The van der Waals surface area contributed by atoms with Crippen LogP contribution in [0.1, 0.15) is 44.7 Å². The van der Waals surface area contributed by atoms with Crippen LogP contribution in [0.15, 0.2) is 66.7 Å². The molecule has 0 atom stereocenters. The lowest BCUT2D eigenvalue weighted by Gasteiger charge is -2.36. The van der Waals surface area contributed by atoms with Crippen molar-refractivity contribution in [3.63, 3.8) is 0 Å². The number of fused-ring (bicyclic) bond motifs is 1. The Kier molecular flexibility index (Phi) is 7.30. The predicted octanol–water partition coefficient (Wildman–Crippen LogP) is 4.30. The number of carbonyl (C=O) groups excluding carboxylic acids is 2. The molecule has 5 rings (SSSR count). The molecule has 1 N–H and O–H groups in total. The zero-order valence-electron chi connectivity index (χ0n) is 21.4. The Labute approximate surface area is 218 Å². The van der Waals surface area contributed by atoms with Crippen LogP contribution in [-0.2, 0) is 13.0 Å². The van der Waals surface area contributed by atoms with Gasteiger partial charge in [0, 0.05) is 49.5 Å². The Morgan fingerprint density at radius 1 is 0.838 bits per heavy atom. The van der Waals surface area contributed by atoms with Crippen molar-refractivity contribution in [1.82, 2.24) is 10.2 Å². The highest BCUT2D eigenvalue weighted by molar-refractivity contribution is 6.00. The van der Waals surface area contributed by atoms with E-state index in [-0.39, 0.29) is 17.9 Å². The fourth-order valence-corrected chi connectivity index (χ4v) is 5.24. The van der Waals surface area contributed by atoms with Crippen molar-refractivity contribution in [3.05, 3.63) is 89.0 Å². The minimum Gasteiger partial charge on any atom is -0.497 e. The Hall–Kier alpha value is -4.00. The number of nitrogens with zero attached hydrogens (tertiary/aromatic N) is 2. The summed E-state index contributed by atoms with van der Waals surface area (Å²) < 4.78 is 10.6. The molecule has 0 saturated carbocycles. The van der Waals surface area contributed by atoms with Crippen LogP contribution in [0.25, 0.3) is 0 Å². The topological polar surface area (TPSA) is 71.1 Å². The molecule has 2 aliphatic heterocycles. The van der Waals surface area contributed by atoms with Gasteiger partial charge < -0.3 is 24.6 Å². The summed E-state index contributed by atoms with van der Waals surface area (Å²) in [4.78, 5) is 30.7. The highest BCUT2D eigenvalue weighted by Crippen LogP contribution is 2.28. The molecule has 3 aromatic carbocycles. The van der Waals surface area contributed by atoms with E-state index in [1.165, 1.54) is 11.1 Å². The monoisotopic (exact) mass is 499 g/mol. The normalized spacial score (nSPS) is 15.6. The molecule has 2 heterocycles. The molecule has 0 bridgehead atoms. The number of methoxy groups -OCH3 is 2. The number of amides is 2. The van der Waals surface area contributed by atoms with E-state index in [9.17, 15) is 9.59 Å². The lowest BCUT2D eigenvalue weighted by atomic mass is 9.98. The summed E-state index contributed by atoms with van der Waals surface area (Å²) in [7, 11) is 3.14. The van der Waals surface area contributed by atoms with Gasteiger partial charge in [0.25, 0.3) is 11.8 Å². The van der Waals surface area contributed by atoms with Crippen molar-refractivity contribution in [2.75, 3.05) is 38.8 Å². The molecule has 0 aromatic heterocycles. The first-order chi connectivity index (χ1) is 18.1. The number of hydrogen-bond donors (Lipinski definition) is 1. The number of anilines is 1. The lowest BCUT2D eigenvalue weighted by Crippen LogP contribution is -2.45. The van der Waals surface area contributed by atoms with Crippen LogP contribution < -0.4 is 19.7 Å². The van der Waals surface area contributed by atoms with Crippen LogP contribution in [0.3, 0.4) is 0 Å². The predicted molar refractivity (Wildman–Crippen MR) is 144 cm³/mol. The Bertz CT molecular complexity index is 1260. The summed E-state index contributed by atoms with van der Waals surface area (Å²) in [5.74, 6) is 1.10. The van der Waals surface area contributed by atoms with Gasteiger partial charge in [0.1, 0.15) is 11.5 Å². The number of ether oxygens (including phenoxy) is 2. The molecule has 0 radical (unpaired) electrons. The quantitative estimate of drug-likeness (QED) is 0.548. The van der Waals surface area contributed by atoms with Gasteiger partial charge in [-0.2, -0.15) is 0 Å². The van der Waals surface area contributed by atoms with Gasteiger partial charge in [-0.05, 0) is 54.7 Å². The summed E-state index contributed by atoms with van der Waals surface area (Å²) >= 11 is 0. The van der Waals surface area contributed by atoms with E-state index in [2.05, 4.69) is 28.4 Å². The first kappa shape index (κ1) is 24.7. The van der Waals surface area contributed by atoms with E-state index in [1.54, 1.807) is 32.4 Å². The minimum atomic E-state index is -0.142. The molecule has 3 aromatic rings. The Morgan fingerprint density at radius 2 is 1.49 bits per heavy atom. The highest BCUT2D eigenvalue weighted by atomic mass is 16.5. The Morgan fingerprint density at radius 3 is 2.19 bits per heavy atom. The van der Waals surface area contributed by atoms with Gasteiger partial charge in [-0.3, -0.25) is 9.59 Å². The van der Waals surface area contributed by atoms with Crippen LogP contribution in [-0.4, -0.2) is 56.6 Å². The van der Waals surface area contributed by atoms with Crippen LogP contribution in [0.5, 0.6) is 11.5 Å². The second kappa shape index (κ2) is 10.9. The SMILES string of the molecule is COc1cc(OC)cc(C(=O)NC2CCN(c3ccccc3C(=O)N3CCc4ccccc4C3)CC2)c1. The van der Waals surface area contributed by atoms with E-state index in [0.717, 1.165) is 50.1 Å². The molecular formula is C30H33N3O4. The van der Waals surface area contributed by atoms with Crippen molar-refractivity contribution in [2.45, 2.75) is 31.8 Å². The van der Waals surface area contributed by atoms with E-state index in [4.69, 9.17) is 9.47 Å². The fraction of sp³-hybridized carbons (Fsp3) is 0.333. The maximum Gasteiger partial charge on any atom is 0.256 e. The smallest absolute Gasteiger partial charge is 0.256 e. The molecule has 0 aliphatic carbocycles. The number of nitrogens with one attached hydrogen (secondary N) is 1. The van der Waals surface area contributed by atoms with Gasteiger partial charge in [-0.1, -0.05) is 36.4 Å². The first-order valence-corrected chi connectivity index (χ1v) is 12.8. The van der Waals surface area contributed by atoms with Gasteiger partial charge in [0.05, 0.1) is 19.8 Å². The van der Waals surface area contributed by atoms with E-state index in [1.807, 2.05) is 35.2 Å². The van der Waals surface area contributed by atoms with Crippen LogP contribution >= 0.6 is 0 Å². The standard InChI is InChI=1S/C30H33N3O4/c1-36-25-17-23(18-26(19-25)37-2)29(34)31-24-12-15-32(16-13-24)28-10-6-5-9-27(28)30(35)33-14-11-21-7-3-4-8-22(21)20-33/h3-10,17-19,24H,11-16,20H2,1-2H3,(H,31,34). The average molecular weight is 500 g/mol. The van der Waals surface area contributed by atoms with Gasteiger partial charge in [-0.15, -0.1) is 0 Å². The zero-order valence-corrected chi connectivity index (χ0v) is 21.4. The lowest BCUT2D eigenvalue weighted by molar-refractivity contribution is 0.0735. The van der Waals surface area contributed by atoms with E-state index >= 15 is 0 Å². The average Bonchev–Trinajstić information content (AvgIpc) is 2.96. The zero-order chi connectivity index (χ0) is 25.8. The van der Waals surface area contributed by atoms with Gasteiger partial charge in [-0.25, -0.2) is 0 Å². The Balaban J connectivity index is 1.23. The van der Waals surface area contributed by atoms with Crippen LogP contribution in [0.4, 0.5) is 5.69 Å². The first-order valence-electron chi connectivity index (χ1n) is 12.8. The van der Waals surface area contributed by atoms with Gasteiger partial charge in [0.15, 0.2) is 0 Å². The third kappa shape index (κ3) is 5.40. The summed E-state index contributed by atoms with van der Waals surface area (Å²) in [6, 6.07) is 21.5. The third-order valence-electron chi connectivity index (χ3n) is 7.34. The molecule has 2 amide bonds. The summed E-state index contributed by atoms with van der Waals surface area (Å²) in [6.45, 7) is 2.90. The highest BCUT2D eigenvalue weighted by Gasteiger charge is 2.27. The van der Waals surface area contributed by atoms with Gasteiger partial charge in [0.2, 0.25) is 0 Å². The molecule has 192 valence electrons. The summed E-state index contributed by atoms with van der Waals surface area (Å²) in [5, 5.41) is 3.16. The molecule has 0 unspecified atom stereocenters. The molecule has 37 heavy (non-hydrogen) atoms. The second-order valence-corrected chi connectivity index (χ2v) is 9.60.